The molecule has 2 aromatic rings. The van der Waals surface area contributed by atoms with Crippen LogP contribution in [0, 0.1) is 0 Å². The minimum atomic E-state index is -4.40. The lowest BCUT2D eigenvalue weighted by molar-refractivity contribution is -0.137. The zero-order chi connectivity index (χ0) is 19.9. The lowest BCUT2D eigenvalue weighted by Gasteiger charge is -2.10. The van der Waals surface area contributed by atoms with Gasteiger partial charge in [0.1, 0.15) is 12.4 Å². The van der Waals surface area contributed by atoms with Gasteiger partial charge in [0.15, 0.2) is 0 Å². The maximum Gasteiger partial charge on any atom is 0.416 e. The van der Waals surface area contributed by atoms with Crippen molar-refractivity contribution in [3.8, 4) is 5.75 Å². The summed E-state index contributed by atoms with van der Waals surface area (Å²) in [7, 11) is 0. The van der Waals surface area contributed by atoms with Gasteiger partial charge in [0.25, 0.3) is 0 Å². The summed E-state index contributed by atoms with van der Waals surface area (Å²) < 4.78 is 42.7. The molecule has 2 N–H and O–H groups in total. The number of amides is 1. The van der Waals surface area contributed by atoms with E-state index in [4.69, 9.17) is 9.84 Å². The smallest absolute Gasteiger partial charge is 0.416 e. The number of carboxylic acid groups (broad SMARTS) is 1. The second-order valence-electron chi connectivity index (χ2n) is 5.68. The first-order valence-electron chi connectivity index (χ1n) is 8.15. The zero-order valence-electron chi connectivity index (χ0n) is 14.3. The Morgan fingerprint density at radius 2 is 1.70 bits per heavy atom. The van der Waals surface area contributed by atoms with E-state index in [1.165, 1.54) is 18.2 Å². The van der Waals surface area contributed by atoms with Crippen molar-refractivity contribution < 1.29 is 32.6 Å². The number of aromatic carboxylic acids is 1. The number of ether oxygens (including phenoxy) is 1. The number of alkyl halides is 3. The highest BCUT2D eigenvalue weighted by atomic mass is 19.4. The highest BCUT2D eigenvalue weighted by molar-refractivity contribution is 5.89. The molecule has 8 heteroatoms. The van der Waals surface area contributed by atoms with Crippen LogP contribution in [0.2, 0.25) is 0 Å². The van der Waals surface area contributed by atoms with E-state index in [0.717, 1.165) is 12.1 Å². The molecule has 0 radical (unpaired) electrons. The monoisotopic (exact) mass is 381 g/mol. The van der Waals surface area contributed by atoms with Crippen molar-refractivity contribution in [3.05, 3.63) is 65.2 Å². The van der Waals surface area contributed by atoms with Crippen molar-refractivity contribution >= 4 is 11.9 Å². The largest absolute Gasteiger partial charge is 0.492 e. The molecule has 0 bridgehead atoms. The molecule has 0 unspecified atom stereocenters. The molecule has 5 nitrogen and oxygen atoms in total. The molecule has 144 valence electrons. The fraction of sp³-hybridized carbons (Fsp3) is 0.263. The molecule has 0 aromatic heterocycles. The number of hydrogen-bond donors (Lipinski definition) is 2. The molecule has 0 atom stereocenters. The molecule has 2 rings (SSSR count). The molecule has 0 spiro atoms. The lowest BCUT2D eigenvalue weighted by atomic mass is 10.0. The Labute approximate surface area is 153 Å². The average molecular weight is 381 g/mol. The Bertz CT molecular complexity index is 788. The summed E-state index contributed by atoms with van der Waals surface area (Å²) in [5.41, 5.74) is -0.0260. The molecule has 2 aromatic carbocycles. The first kappa shape index (κ1) is 20.3. The van der Waals surface area contributed by atoms with E-state index in [2.05, 4.69) is 5.32 Å². The second kappa shape index (κ2) is 9.07. The van der Waals surface area contributed by atoms with Crippen molar-refractivity contribution in [3.63, 3.8) is 0 Å². The van der Waals surface area contributed by atoms with Crippen LogP contribution in [0.5, 0.6) is 5.75 Å². The normalized spacial score (nSPS) is 11.1. The van der Waals surface area contributed by atoms with E-state index in [1.807, 2.05) is 0 Å². The summed E-state index contributed by atoms with van der Waals surface area (Å²) in [6.07, 6.45) is -4.00. The third-order valence-electron chi connectivity index (χ3n) is 3.74. The number of benzene rings is 2. The number of carbonyl (C=O) groups is 2. The Morgan fingerprint density at radius 3 is 2.33 bits per heavy atom. The maximum absolute atomic E-state index is 12.5. The van der Waals surface area contributed by atoms with Crippen LogP contribution in [-0.2, 0) is 17.4 Å². The van der Waals surface area contributed by atoms with Gasteiger partial charge in [-0.1, -0.05) is 18.2 Å². The fourth-order valence-electron chi connectivity index (χ4n) is 2.38. The number of aryl methyl sites for hydroxylation is 1. The van der Waals surface area contributed by atoms with Gasteiger partial charge >= 0.3 is 12.1 Å². The Kier molecular flexibility index (Phi) is 6.81. The van der Waals surface area contributed by atoms with Gasteiger partial charge in [-0.15, -0.1) is 0 Å². The van der Waals surface area contributed by atoms with Crippen molar-refractivity contribution in [2.75, 3.05) is 13.2 Å². The molecule has 0 aliphatic rings. The van der Waals surface area contributed by atoms with Crippen LogP contribution in [0.25, 0.3) is 0 Å². The molecule has 0 saturated carbocycles. The summed E-state index contributed by atoms with van der Waals surface area (Å²) in [6.45, 7) is 0.281. The predicted molar refractivity (Wildman–Crippen MR) is 91.7 cm³/mol. The van der Waals surface area contributed by atoms with Crippen LogP contribution >= 0.6 is 0 Å². The fourth-order valence-corrected chi connectivity index (χ4v) is 2.38. The number of hydrogen-bond acceptors (Lipinski definition) is 3. The first-order valence-corrected chi connectivity index (χ1v) is 8.15. The molecule has 0 aliphatic carbocycles. The molecule has 27 heavy (non-hydrogen) atoms. The van der Waals surface area contributed by atoms with Crippen molar-refractivity contribution in [2.24, 2.45) is 0 Å². The zero-order valence-corrected chi connectivity index (χ0v) is 14.3. The van der Waals surface area contributed by atoms with Crippen LogP contribution in [-0.4, -0.2) is 30.1 Å². The van der Waals surface area contributed by atoms with Gasteiger partial charge in [0.2, 0.25) is 5.91 Å². The number of carbonyl (C=O) groups excluding carboxylic acids is 1. The SMILES string of the molecule is O=C(CCc1ccccc1C(=O)O)NCCOc1ccc(C(F)(F)F)cc1. The minimum absolute atomic E-state index is 0.100. The molecular weight excluding hydrogens is 363 g/mol. The highest BCUT2D eigenvalue weighted by Crippen LogP contribution is 2.30. The van der Waals surface area contributed by atoms with Crippen LogP contribution in [0.4, 0.5) is 13.2 Å². The van der Waals surface area contributed by atoms with Gasteiger partial charge in [0.05, 0.1) is 17.7 Å². The van der Waals surface area contributed by atoms with E-state index in [0.29, 0.717) is 5.56 Å². The van der Waals surface area contributed by atoms with Gasteiger partial charge in [-0.3, -0.25) is 4.79 Å². The van der Waals surface area contributed by atoms with E-state index < -0.39 is 17.7 Å². The third-order valence-corrected chi connectivity index (χ3v) is 3.74. The number of rotatable bonds is 8. The Balaban J connectivity index is 1.72. The predicted octanol–water partition coefficient (Wildman–Crippen LogP) is 3.53. The summed E-state index contributed by atoms with van der Waals surface area (Å²) >= 11 is 0. The van der Waals surface area contributed by atoms with Crippen LogP contribution < -0.4 is 10.1 Å². The standard InChI is InChI=1S/C19H18F3NO4/c20-19(21,22)14-6-8-15(9-7-14)27-12-11-23-17(24)10-5-13-3-1-2-4-16(13)18(25)26/h1-4,6-9H,5,10-12H2,(H,23,24)(H,25,26). The Hall–Kier alpha value is -3.03. The van der Waals surface area contributed by atoms with Crippen molar-refractivity contribution in [1.29, 1.82) is 0 Å². The molecule has 0 aliphatic heterocycles. The summed E-state index contributed by atoms with van der Waals surface area (Å²) in [5.74, 6) is -1.05. The van der Waals surface area contributed by atoms with Crippen LogP contribution in [0.3, 0.4) is 0 Å². The summed E-state index contributed by atoms with van der Waals surface area (Å²) in [5, 5.41) is 11.7. The average Bonchev–Trinajstić information content (AvgIpc) is 2.63. The van der Waals surface area contributed by atoms with Gasteiger partial charge < -0.3 is 15.2 Å². The number of nitrogens with one attached hydrogen (secondary N) is 1. The quantitative estimate of drug-likeness (QED) is 0.686. The van der Waals surface area contributed by atoms with E-state index in [9.17, 15) is 22.8 Å². The molecule has 1 amide bonds. The Morgan fingerprint density at radius 1 is 1.04 bits per heavy atom. The molecule has 0 saturated heterocycles. The molecular formula is C19H18F3NO4. The lowest BCUT2D eigenvalue weighted by Crippen LogP contribution is -2.28. The van der Waals surface area contributed by atoms with Crippen LogP contribution in [0.15, 0.2) is 48.5 Å². The third kappa shape index (κ3) is 6.32. The highest BCUT2D eigenvalue weighted by Gasteiger charge is 2.29. The summed E-state index contributed by atoms with van der Waals surface area (Å²) in [6, 6.07) is 10.7. The van der Waals surface area contributed by atoms with Crippen molar-refractivity contribution in [1.82, 2.24) is 5.32 Å². The maximum atomic E-state index is 12.5. The van der Waals surface area contributed by atoms with E-state index in [1.54, 1.807) is 18.2 Å². The first-order chi connectivity index (χ1) is 12.8. The topological polar surface area (TPSA) is 75.6 Å². The van der Waals surface area contributed by atoms with Gasteiger partial charge in [0, 0.05) is 6.42 Å². The number of halogens is 3. The van der Waals surface area contributed by atoms with E-state index in [-0.39, 0.29) is 43.2 Å². The summed E-state index contributed by atoms with van der Waals surface area (Å²) in [4.78, 5) is 22.9. The van der Waals surface area contributed by atoms with Gasteiger partial charge in [-0.2, -0.15) is 13.2 Å². The number of carboxylic acids is 1. The molecule has 0 heterocycles. The van der Waals surface area contributed by atoms with Crippen LogP contribution in [0.1, 0.15) is 27.9 Å². The minimum Gasteiger partial charge on any atom is -0.492 e. The van der Waals surface area contributed by atoms with E-state index >= 15 is 0 Å². The second-order valence-corrected chi connectivity index (χ2v) is 5.68. The van der Waals surface area contributed by atoms with Crippen molar-refractivity contribution in [2.45, 2.75) is 19.0 Å². The van der Waals surface area contributed by atoms with Gasteiger partial charge in [-0.05, 0) is 42.3 Å². The molecule has 0 fully saturated rings. The van der Waals surface area contributed by atoms with Gasteiger partial charge in [-0.25, -0.2) is 4.79 Å².